The van der Waals surface area contributed by atoms with Crippen molar-refractivity contribution in [2.45, 2.75) is 71.3 Å². The lowest BCUT2D eigenvalue weighted by Gasteiger charge is -2.42. The molecule has 2 saturated heterocycles. The Morgan fingerprint density at radius 2 is 1.54 bits per heavy atom. The van der Waals surface area contributed by atoms with Crippen LogP contribution in [0.1, 0.15) is 65.2 Å². The number of ether oxygens (including phenoxy) is 1. The Morgan fingerprint density at radius 3 is 2.04 bits per heavy atom. The average molecular weight is 337 g/mol. The number of hydrogen-bond acceptors (Lipinski definition) is 3. The SMILES string of the molecule is CC(C)COC(=O)N1CCC(CC2CCN(C3CCC3)CC2)CC1. The highest BCUT2D eigenvalue weighted by molar-refractivity contribution is 5.67. The summed E-state index contributed by atoms with van der Waals surface area (Å²) in [6, 6.07) is 0.922. The number of carbonyl (C=O) groups is 1. The molecule has 2 aliphatic heterocycles. The first-order chi connectivity index (χ1) is 11.6. The molecule has 0 atom stereocenters. The van der Waals surface area contributed by atoms with Gasteiger partial charge < -0.3 is 14.5 Å². The number of carbonyl (C=O) groups excluding carboxylic acids is 1. The van der Waals surface area contributed by atoms with Gasteiger partial charge in [-0.25, -0.2) is 4.79 Å². The highest BCUT2D eigenvalue weighted by atomic mass is 16.6. The third-order valence-electron chi connectivity index (χ3n) is 6.32. The van der Waals surface area contributed by atoms with E-state index in [0.717, 1.165) is 31.0 Å². The highest BCUT2D eigenvalue weighted by Crippen LogP contribution is 2.33. The quantitative estimate of drug-likeness (QED) is 0.756. The Morgan fingerprint density at radius 1 is 0.958 bits per heavy atom. The van der Waals surface area contributed by atoms with Crippen LogP contribution in [0.3, 0.4) is 0 Å². The zero-order chi connectivity index (χ0) is 16.9. The predicted octanol–water partition coefficient (Wildman–Crippen LogP) is 4.15. The summed E-state index contributed by atoms with van der Waals surface area (Å²) in [4.78, 5) is 16.7. The van der Waals surface area contributed by atoms with Crippen molar-refractivity contribution >= 4 is 6.09 Å². The molecule has 1 saturated carbocycles. The van der Waals surface area contributed by atoms with Gasteiger partial charge in [0, 0.05) is 19.1 Å². The van der Waals surface area contributed by atoms with E-state index in [0.29, 0.717) is 12.5 Å². The molecule has 24 heavy (non-hydrogen) atoms. The maximum atomic E-state index is 12.0. The fourth-order valence-corrected chi connectivity index (χ4v) is 4.46. The number of amides is 1. The smallest absolute Gasteiger partial charge is 0.409 e. The van der Waals surface area contributed by atoms with Gasteiger partial charge in [0.15, 0.2) is 0 Å². The van der Waals surface area contributed by atoms with E-state index in [-0.39, 0.29) is 6.09 Å². The number of nitrogens with zero attached hydrogens (tertiary/aromatic N) is 2. The van der Waals surface area contributed by atoms with Crippen molar-refractivity contribution in [3.05, 3.63) is 0 Å². The van der Waals surface area contributed by atoms with E-state index < -0.39 is 0 Å². The topological polar surface area (TPSA) is 32.8 Å². The predicted molar refractivity (Wildman–Crippen MR) is 97.0 cm³/mol. The van der Waals surface area contributed by atoms with Crippen LogP contribution < -0.4 is 0 Å². The van der Waals surface area contributed by atoms with Gasteiger partial charge >= 0.3 is 6.09 Å². The number of piperidine rings is 2. The van der Waals surface area contributed by atoms with Crippen LogP contribution in [0.5, 0.6) is 0 Å². The molecule has 0 N–H and O–H groups in total. The fraction of sp³-hybridized carbons (Fsp3) is 0.950. The third kappa shape index (κ3) is 4.87. The molecule has 1 aliphatic carbocycles. The molecule has 0 bridgehead atoms. The maximum absolute atomic E-state index is 12.0. The number of hydrogen-bond donors (Lipinski definition) is 0. The molecule has 3 rings (SSSR count). The molecule has 0 unspecified atom stereocenters. The minimum absolute atomic E-state index is 0.101. The fourth-order valence-electron chi connectivity index (χ4n) is 4.46. The summed E-state index contributed by atoms with van der Waals surface area (Å²) in [5.74, 6) is 2.16. The zero-order valence-electron chi connectivity index (χ0n) is 15.7. The normalized spacial score (nSPS) is 25.0. The third-order valence-corrected chi connectivity index (χ3v) is 6.32. The maximum Gasteiger partial charge on any atom is 0.409 e. The van der Waals surface area contributed by atoms with E-state index >= 15 is 0 Å². The van der Waals surface area contributed by atoms with E-state index in [1.54, 1.807) is 0 Å². The summed E-state index contributed by atoms with van der Waals surface area (Å²) in [6.45, 7) is 9.14. The number of rotatable bonds is 5. The lowest BCUT2D eigenvalue weighted by atomic mass is 9.81. The van der Waals surface area contributed by atoms with Crippen LogP contribution in [0.4, 0.5) is 4.79 Å². The van der Waals surface area contributed by atoms with Crippen molar-refractivity contribution in [2.75, 3.05) is 32.8 Å². The Bertz CT molecular complexity index is 392. The lowest BCUT2D eigenvalue weighted by molar-refractivity contribution is 0.0641. The Balaban J connectivity index is 1.32. The van der Waals surface area contributed by atoms with Crippen molar-refractivity contribution in [3.8, 4) is 0 Å². The van der Waals surface area contributed by atoms with Gasteiger partial charge in [-0.3, -0.25) is 0 Å². The summed E-state index contributed by atoms with van der Waals surface area (Å²) in [6.07, 6.45) is 10.7. The molecule has 0 aromatic heterocycles. The lowest BCUT2D eigenvalue weighted by Crippen LogP contribution is -2.45. The molecular weight excluding hydrogens is 300 g/mol. The van der Waals surface area contributed by atoms with E-state index in [1.165, 1.54) is 64.5 Å². The van der Waals surface area contributed by atoms with Gasteiger partial charge in [-0.1, -0.05) is 20.3 Å². The van der Waals surface area contributed by atoms with Crippen LogP contribution >= 0.6 is 0 Å². The summed E-state index contributed by atoms with van der Waals surface area (Å²) in [5.41, 5.74) is 0. The van der Waals surface area contributed by atoms with E-state index in [2.05, 4.69) is 18.7 Å². The average Bonchev–Trinajstić information content (AvgIpc) is 2.53. The molecule has 4 heteroatoms. The van der Waals surface area contributed by atoms with Gasteiger partial charge in [0.1, 0.15) is 0 Å². The van der Waals surface area contributed by atoms with Crippen molar-refractivity contribution in [3.63, 3.8) is 0 Å². The molecule has 4 nitrogen and oxygen atoms in total. The van der Waals surface area contributed by atoms with E-state index in [1.807, 2.05) is 4.90 Å². The van der Waals surface area contributed by atoms with Crippen molar-refractivity contribution < 1.29 is 9.53 Å². The van der Waals surface area contributed by atoms with E-state index in [4.69, 9.17) is 4.74 Å². The van der Waals surface area contributed by atoms with Crippen LogP contribution in [0.2, 0.25) is 0 Å². The molecule has 3 aliphatic rings. The van der Waals surface area contributed by atoms with Crippen molar-refractivity contribution in [2.24, 2.45) is 17.8 Å². The first kappa shape index (κ1) is 18.0. The summed E-state index contributed by atoms with van der Waals surface area (Å²) < 4.78 is 5.36. The van der Waals surface area contributed by atoms with Gasteiger partial charge in [0.2, 0.25) is 0 Å². The minimum atomic E-state index is -0.101. The number of likely N-dealkylation sites (tertiary alicyclic amines) is 2. The second kappa shape index (κ2) is 8.55. The molecule has 0 spiro atoms. The van der Waals surface area contributed by atoms with Gasteiger partial charge in [0.25, 0.3) is 0 Å². The molecule has 3 fully saturated rings. The van der Waals surface area contributed by atoms with Crippen LogP contribution in [0.25, 0.3) is 0 Å². The minimum Gasteiger partial charge on any atom is -0.449 e. The summed E-state index contributed by atoms with van der Waals surface area (Å²) in [7, 11) is 0. The van der Waals surface area contributed by atoms with Gasteiger partial charge in [-0.15, -0.1) is 0 Å². The largest absolute Gasteiger partial charge is 0.449 e. The molecule has 0 aromatic rings. The zero-order valence-corrected chi connectivity index (χ0v) is 15.7. The van der Waals surface area contributed by atoms with Crippen LogP contribution in [-0.4, -0.2) is 54.7 Å². The molecular formula is C20H36N2O2. The first-order valence-electron chi connectivity index (χ1n) is 10.3. The van der Waals surface area contributed by atoms with Crippen molar-refractivity contribution in [1.29, 1.82) is 0 Å². The Labute approximate surface area is 147 Å². The molecule has 1 amide bonds. The van der Waals surface area contributed by atoms with Gasteiger partial charge in [-0.05, 0) is 75.8 Å². The molecule has 0 aromatic carbocycles. The first-order valence-corrected chi connectivity index (χ1v) is 10.3. The van der Waals surface area contributed by atoms with Crippen molar-refractivity contribution in [1.82, 2.24) is 9.80 Å². The standard InChI is InChI=1S/C20H36N2O2/c1-16(2)15-24-20(23)22-12-8-18(9-13-22)14-17-6-10-21(11-7-17)19-4-3-5-19/h16-19H,3-15H2,1-2H3. The Hall–Kier alpha value is -0.770. The summed E-state index contributed by atoms with van der Waals surface area (Å²) in [5, 5.41) is 0. The van der Waals surface area contributed by atoms with Crippen LogP contribution in [0.15, 0.2) is 0 Å². The highest BCUT2D eigenvalue weighted by Gasteiger charge is 2.31. The van der Waals surface area contributed by atoms with Crippen LogP contribution in [0, 0.1) is 17.8 Å². The van der Waals surface area contributed by atoms with E-state index in [9.17, 15) is 4.79 Å². The molecule has 138 valence electrons. The van der Waals surface area contributed by atoms with Gasteiger partial charge in [0.05, 0.1) is 6.61 Å². The Kier molecular flexibility index (Phi) is 6.43. The summed E-state index contributed by atoms with van der Waals surface area (Å²) >= 11 is 0. The monoisotopic (exact) mass is 336 g/mol. The van der Waals surface area contributed by atoms with Gasteiger partial charge in [-0.2, -0.15) is 0 Å². The van der Waals surface area contributed by atoms with Crippen LogP contribution in [-0.2, 0) is 4.74 Å². The molecule has 2 heterocycles. The second-order valence-electron chi connectivity index (χ2n) is 8.70. The second-order valence-corrected chi connectivity index (χ2v) is 8.70. The molecule has 0 radical (unpaired) electrons.